The second kappa shape index (κ2) is 6.71. The van der Waals surface area contributed by atoms with Crippen molar-refractivity contribution < 1.29 is 9.66 Å². The molecule has 1 saturated heterocycles. The Bertz CT molecular complexity index is 501. The lowest BCUT2D eigenvalue weighted by molar-refractivity contribution is -0.384. The van der Waals surface area contributed by atoms with Gasteiger partial charge in [0.2, 0.25) is 5.82 Å². The molecule has 0 bridgehead atoms. The molecule has 7 nitrogen and oxygen atoms in total. The maximum absolute atomic E-state index is 11.2. The molecule has 1 fully saturated rings. The molecule has 2 N–H and O–H groups in total. The molecule has 0 aliphatic carbocycles. The summed E-state index contributed by atoms with van der Waals surface area (Å²) in [7, 11) is 0. The average molecular weight is 294 g/mol. The maximum atomic E-state index is 11.2. The number of anilines is 2. The third-order valence-electron chi connectivity index (χ3n) is 3.48. The van der Waals surface area contributed by atoms with Crippen molar-refractivity contribution in [2.75, 3.05) is 30.4 Å². The molecule has 0 amide bonds. The van der Waals surface area contributed by atoms with E-state index in [1.807, 2.05) is 6.92 Å². The number of ether oxygens (including phenoxy) is 1. The van der Waals surface area contributed by atoms with Crippen LogP contribution >= 0.6 is 0 Å². The number of nitrogens with zero attached hydrogens (tertiary/aromatic N) is 2. The second-order valence-corrected chi connectivity index (χ2v) is 5.59. The first-order valence-electron chi connectivity index (χ1n) is 7.29. The van der Waals surface area contributed by atoms with Gasteiger partial charge >= 0.3 is 5.69 Å². The third kappa shape index (κ3) is 4.04. The minimum Gasteiger partial charge on any atom is -0.379 e. The first-order valence-corrected chi connectivity index (χ1v) is 7.29. The van der Waals surface area contributed by atoms with Gasteiger partial charge in [0.1, 0.15) is 5.82 Å². The van der Waals surface area contributed by atoms with E-state index in [-0.39, 0.29) is 11.2 Å². The fourth-order valence-electron chi connectivity index (χ4n) is 2.36. The van der Waals surface area contributed by atoms with Crippen molar-refractivity contribution in [3.05, 3.63) is 22.2 Å². The Morgan fingerprint density at radius 3 is 2.95 bits per heavy atom. The maximum Gasteiger partial charge on any atom is 0.311 e. The molecule has 0 aromatic carbocycles. The van der Waals surface area contributed by atoms with Crippen LogP contribution < -0.4 is 10.6 Å². The highest BCUT2D eigenvalue weighted by molar-refractivity contribution is 5.61. The van der Waals surface area contributed by atoms with Gasteiger partial charge in [-0.3, -0.25) is 10.1 Å². The fraction of sp³-hybridized carbons (Fsp3) is 0.643. The summed E-state index contributed by atoms with van der Waals surface area (Å²) < 4.78 is 5.48. The minimum atomic E-state index is -0.411. The predicted molar refractivity (Wildman–Crippen MR) is 81.8 cm³/mol. The largest absolute Gasteiger partial charge is 0.379 e. The van der Waals surface area contributed by atoms with E-state index < -0.39 is 4.92 Å². The van der Waals surface area contributed by atoms with Gasteiger partial charge in [-0.1, -0.05) is 6.92 Å². The van der Waals surface area contributed by atoms with Gasteiger partial charge in [0, 0.05) is 19.2 Å². The van der Waals surface area contributed by atoms with Crippen LogP contribution in [-0.4, -0.2) is 35.2 Å². The number of nitrogens with one attached hydrogen (secondary N) is 2. The lowest BCUT2D eigenvalue weighted by Gasteiger charge is -2.34. The number of rotatable bonds is 6. The molecule has 0 radical (unpaired) electrons. The van der Waals surface area contributed by atoms with E-state index >= 15 is 0 Å². The van der Waals surface area contributed by atoms with E-state index in [4.69, 9.17) is 4.74 Å². The predicted octanol–water partition coefficient (Wildman–Crippen LogP) is 2.79. The number of hydrogen-bond acceptors (Lipinski definition) is 6. The Balaban J connectivity index is 2.23. The molecule has 1 aliphatic rings. The zero-order valence-electron chi connectivity index (χ0n) is 12.5. The first-order chi connectivity index (χ1) is 10.0. The van der Waals surface area contributed by atoms with Gasteiger partial charge in [-0.15, -0.1) is 0 Å². The van der Waals surface area contributed by atoms with Crippen LogP contribution in [0.2, 0.25) is 0 Å². The van der Waals surface area contributed by atoms with Crippen molar-refractivity contribution in [2.24, 2.45) is 0 Å². The van der Waals surface area contributed by atoms with Gasteiger partial charge in [-0.2, -0.15) is 0 Å². The molecule has 1 aromatic rings. The molecule has 7 heteroatoms. The molecule has 21 heavy (non-hydrogen) atoms. The minimum absolute atomic E-state index is 0.0103. The summed E-state index contributed by atoms with van der Waals surface area (Å²) in [6.45, 7) is 6.11. The highest BCUT2D eigenvalue weighted by atomic mass is 16.6. The van der Waals surface area contributed by atoms with Crippen LogP contribution in [0, 0.1) is 10.1 Å². The third-order valence-corrected chi connectivity index (χ3v) is 3.48. The summed E-state index contributed by atoms with van der Waals surface area (Å²) in [5.41, 5.74) is -0.330. The number of nitro groups is 1. The molecule has 2 heterocycles. The highest BCUT2D eigenvalue weighted by Crippen LogP contribution is 2.30. The molecule has 0 saturated carbocycles. The topological polar surface area (TPSA) is 89.3 Å². The van der Waals surface area contributed by atoms with E-state index in [2.05, 4.69) is 22.5 Å². The zero-order chi connectivity index (χ0) is 15.3. The molecule has 116 valence electrons. The van der Waals surface area contributed by atoms with E-state index in [9.17, 15) is 10.1 Å². The lowest BCUT2D eigenvalue weighted by atomic mass is 9.95. The summed E-state index contributed by atoms with van der Waals surface area (Å²) in [5.74, 6) is 0.944. The molecule has 1 unspecified atom stereocenters. The van der Waals surface area contributed by atoms with Crippen LogP contribution in [0.3, 0.4) is 0 Å². The smallest absolute Gasteiger partial charge is 0.311 e. The normalized spacial score (nSPS) is 21.8. The molecular formula is C14H22N4O3. The Labute approximate surface area is 124 Å². The number of pyridine rings is 1. The zero-order valence-corrected chi connectivity index (χ0v) is 12.5. The van der Waals surface area contributed by atoms with Crippen molar-refractivity contribution in [2.45, 2.75) is 38.6 Å². The van der Waals surface area contributed by atoms with Crippen LogP contribution in [0.1, 0.15) is 33.1 Å². The summed E-state index contributed by atoms with van der Waals surface area (Å²) in [5, 5.41) is 17.5. The van der Waals surface area contributed by atoms with Crippen LogP contribution in [0.5, 0.6) is 0 Å². The Morgan fingerprint density at radius 1 is 1.52 bits per heavy atom. The second-order valence-electron chi connectivity index (χ2n) is 5.59. The van der Waals surface area contributed by atoms with Crippen molar-refractivity contribution in [1.29, 1.82) is 0 Å². The van der Waals surface area contributed by atoms with Gasteiger partial charge in [-0.25, -0.2) is 4.98 Å². The monoisotopic (exact) mass is 294 g/mol. The first kappa shape index (κ1) is 15.5. The Hall–Kier alpha value is -1.89. The van der Waals surface area contributed by atoms with Crippen LogP contribution in [0.25, 0.3) is 0 Å². The van der Waals surface area contributed by atoms with E-state index in [0.717, 1.165) is 32.4 Å². The van der Waals surface area contributed by atoms with Crippen molar-refractivity contribution in [3.63, 3.8) is 0 Å². The quantitative estimate of drug-likeness (QED) is 0.619. The average Bonchev–Trinajstić information content (AvgIpc) is 2.45. The van der Waals surface area contributed by atoms with Gasteiger partial charge < -0.3 is 15.4 Å². The van der Waals surface area contributed by atoms with Gasteiger partial charge in [-0.05, 0) is 32.3 Å². The standard InChI is InChI=1S/C14H22N4O3/c1-3-8-15-12-6-5-11(18(19)20)13(16-12)17-14(2)7-4-9-21-10-14/h5-6H,3-4,7-10H2,1-2H3,(H2,15,16,17). The number of aromatic nitrogens is 1. The van der Waals surface area contributed by atoms with E-state index in [0.29, 0.717) is 18.2 Å². The van der Waals surface area contributed by atoms with Gasteiger partial charge in [0.15, 0.2) is 0 Å². The van der Waals surface area contributed by atoms with Crippen LogP contribution in [0.4, 0.5) is 17.3 Å². The summed E-state index contributed by atoms with van der Waals surface area (Å²) in [4.78, 5) is 15.1. The lowest BCUT2D eigenvalue weighted by Crippen LogP contribution is -2.43. The van der Waals surface area contributed by atoms with Crippen LogP contribution in [0.15, 0.2) is 12.1 Å². The summed E-state index contributed by atoms with van der Waals surface area (Å²) >= 11 is 0. The van der Waals surface area contributed by atoms with Gasteiger partial charge in [0.05, 0.1) is 17.1 Å². The van der Waals surface area contributed by atoms with Gasteiger partial charge in [0.25, 0.3) is 0 Å². The van der Waals surface area contributed by atoms with E-state index in [1.54, 1.807) is 6.07 Å². The Kier molecular flexibility index (Phi) is 4.95. The molecule has 1 aliphatic heterocycles. The van der Waals surface area contributed by atoms with Crippen molar-refractivity contribution in [3.8, 4) is 0 Å². The molecular weight excluding hydrogens is 272 g/mol. The molecule has 1 atom stereocenters. The summed E-state index contributed by atoms with van der Waals surface area (Å²) in [6, 6.07) is 3.12. The van der Waals surface area contributed by atoms with Crippen molar-refractivity contribution >= 4 is 17.3 Å². The van der Waals surface area contributed by atoms with Crippen molar-refractivity contribution in [1.82, 2.24) is 4.98 Å². The fourth-order valence-corrected chi connectivity index (χ4v) is 2.36. The number of hydrogen-bond donors (Lipinski definition) is 2. The van der Waals surface area contributed by atoms with E-state index in [1.165, 1.54) is 6.07 Å². The van der Waals surface area contributed by atoms with Crippen LogP contribution in [-0.2, 0) is 4.74 Å². The highest BCUT2D eigenvalue weighted by Gasteiger charge is 2.30. The summed E-state index contributed by atoms with van der Waals surface area (Å²) in [6.07, 6.45) is 2.80. The molecule has 2 rings (SSSR count). The Morgan fingerprint density at radius 2 is 2.33 bits per heavy atom. The molecule has 0 spiro atoms. The SMILES string of the molecule is CCCNc1ccc([N+](=O)[O-])c(NC2(C)CCCOC2)n1. The molecule has 1 aromatic heterocycles.